The lowest BCUT2D eigenvalue weighted by Gasteiger charge is -2.40. The Hall–Kier alpha value is -0.500. The van der Waals surface area contributed by atoms with Crippen LogP contribution < -0.4 is 4.90 Å². The maximum absolute atomic E-state index is 3.60. The fraction of sp³-hybridized carbons (Fsp3) is 0.571. The van der Waals surface area contributed by atoms with Gasteiger partial charge in [0, 0.05) is 22.7 Å². The maximum atomic E-state index is 3.60. The van der Waals surface area contributed by atoms with Gasteiger partial charge in [0.2, 0.25) is 0 Å². The number of hydrogen-bond acceptors (Lipinski definition) is 1. The molecule has 0 spiro atoms. The molecule has 1 aromatic carbocycles. The van der Waals surface area contributed by atoms with Crippen LogP contribution in [-0.2, 0) is 5.41 Å². The minimum atomic E-state index is 0.324. The average Bonchev–Trinajstić information content (AvgIpc) is 3.03. The van der Waals surface area contributed by atoms with Gasteiger partial charge in [-0.05, 0) is 48.4 Å². The molecule has 1 heterocycles. The van der Waals surface area contributed by atoms with Crippen molar-refractivity contribution in [3.63, 3.8) is 0 Å². The lowest BCUT2D eigenvalue weighted by molar-refractivity contribution is 0.452. The fourth-order valence-electron chi connectivity index (χ4n) is 2.72. The summed E-state index contributed by atoms with van der Waals surface area (Å²) >= 11 is 3.60. The van der Waals surface area contributed by atoms with Gasteiger partial charge in [-0.1, -0.05) is 29.8 Å². The number of rotatable bonds is 1. The second kappa shape index (κ2) is 3.49. The van der Waals surface area contributed by atoms with Crippen LogP contribution in [0.15, 0.2) is 22.7 Å². The molecule has 1 nitrogen and oxygen atoms in total. The van der Waals surface area contributed by atoms with E-state index in [0.29, 0.717) is 5.41 Å². The van der Waals surface area contributed by atoms with Gasteiger partial charge in [0.25, 0.3) is 0 Å². The predicted octanol–water partition coefficient (Wildman–Crippen LogP) is 4.10. The molecule has 2 aliphatic rings. The highest BCUT2D eigenvalue weighted by atomic mass is 79.9. The van der Waals surface area contributed by atoms with Crippen LogP contribution in [0, 0.1) is 0 Å². The summed E-state index contributed by atoms with van der Waals surface area (Å²) in [5.74, 6) is 0. The van der Waals surface area contributed by atoms with Gasteiger partial charge in [-0.15, -0.1) is 0 Å². The number of anilines is 1. The molecule has 16 heavy (non-hydrogen) atoms. The van der Waals surface area contributed by atoms with E-state index in [9.17, 15) is 0 Å². The molecular weight excluding hydrogens is 262 g/mol. The van der Waals surface area contributed by atoms with Crippen molar-refractivity contribution >= 4 is 21.6 Å². The van der Waals surface area contributed by atoms with Gasteiger partial charge in [-0.25, -0.2) is 0 Å². The van der Waals surface area contributed by atoms with Crippen LogP contribution in [-0.4, -0.2) is 12.6 Å². The van der Waals surface area contributed by atoms with E-state index in [1.54, 1.807) is 0 Å². The Morgan fingerprint density at radius 2 is 2.06 bits per heavy atom. The van der Waals surface area contributed by atoms with Gasteiger partial charge in [-0.2, -0.15) is 0 Å². The van der Waals surface area contributed by atoms with E-state index in [0.717, 1.165) is 6.04 Å². The summed E-state index contributed by atoms with van der Waals surface area (Å²) in [4.78, 5) is 2.62. The number of benzene rings is 1. The molecule has 1 saturated carbocycles. The van der Waals surface area contributed by atoms with Crippen molar-refractivity contribution in [2.24, 2.45) is 0 Å². The van der Waals surface area contributed by atoms with E-state index in [-0.39, 0.29) is 0 Å². The molecule has 0 N–H and O–H groups in total. The van der Waals surface area contributed by atoms with Gasteiger partial charge in [-0.3, -0.25) is 0 Å². The van der Waals surface area contributed by atoms with Crippen LogP contribution in [0.5, 0.6) is 0 Å². The number of fused-ring (bicyclic) bond motifs is 1. The molecule has 1 aliphatic heterocycles. The van der Waals surface area contributed by atoms with Gasteiger partial charge >= 0.3 is 0 Å². The van der Waals surface area contributed by atoms with Gasteiger partial charge < -0.3 is 4.90 Å². The molecule has 0 bridgehead atoms. The van der Waals surface area contributed by atoms with Gasteiger partial charge in [0.05, 0.1) is 0 Å². The molecular formula is C14H18BrN. The Balaban J connectivity index is 2.09. The van der Waals surface area contributed by atoms with Crippen molar-refractivity contribution in [2.45, 2.75) is 44.6 Å². The van der Waals surface area contributed by atoms with Crippen LogP contribution in [0.3, 0.4) is 0 Å². The minimum Gasteiger partial charge on any atom is -0.368 e. The summed E-state index contributed by atoms with van der Waals surface area (Å²) in [5.41, 5.74) is 3.31. The fourth-order valence-corrected chi connectivity index (χ4v) is 3.08. The third kappa shape index (κ3) is 1.67. The Bertz CT molecular complexity index is 421. The highest BCUT2D eigenvalue weighted by molar-refractivity contribution is 9.10. The van der Waals surface area contributed by atoms with Gasteiger partial charge in [0.15, 0.2) is 0 Å². The van der Waals surface area contributed by atoms with Gasteiger partial charge in [0.1, 0.15) is 0 Å². The van der Waals surface area contributed by atoms with Crippen molar-refractivity contribution in [1.29, 1.82) is 0 Å². The maximum Gasteiger partial charge on any atom is 0.0407 e. The molecule has 1 fully saturated rings. The van der Waals surface area contributed by atoms with Crippen LogP contribution in [0.2, 0.25) is 0 Å². The van der Waals surface area contributed by atoms with E-state index < -0.39 is 0 Å². The minimum absolute atomic E-state index is 0.324. The van der Waals surface area contributed by atoms with Crippen LogP contribution >= 0.6 is 15.9 Å². The van der Waals surface area contributed by atoms with Crippen molar-refractivity contribution in [1.82, 2.24) is 0 Å². The summed E-state index contributed by atoms with van der Waals surface area (Å²) in [7, 11) is 0. The topological polar surface area (TPSA) is 3.24 Å². The Morgan fingerprint density at radius 3 is 2.75 bits per heavy atom. The highest BCUT2D eigenvalue weighted by Crippen LogP contribution is 2.44. The van der Waals surface area contributed by atoms with E-state index >= 15 is 0 Å². The third-order valence-electron chi connectivity index (χ3n) is 3.96. The van der Waals surface area contributed by atoms with Crippen molar-refractivity contribution in [2.75, 3.05) is 11.4 Å². The predicted molar refractivity (Wildman–Crippen MR) is 72.2 cm³/mol. The number of halogens is 1. The smallest absolute Gasteiger partial charge is 0.0407 e. The van der Waals surface area contributed by atoms with Crippen LogP contribution in [0.25, 0.3) is 0 Å². The summed E-state index contributed by atoms with van der Waals surface area (Å²) in [6, 6.07) is 7.61. The Labute approximate surface area is 106 Å². The zero-order chi connectivity index (χ0) is 11.3. The monoisotopic (exact) mass is 279 g/mol. The molecule has 0 radical (unpaired) electrons. The molecule has 0 atom stereocenters. The molecule has 1 aliphatic carbocycles. The first-order valence-electron chi connectivity index (χ1n) is 6.15. The van der Waals surface area contributed by atoms with E-state index in [4.69, 9.17) is 0 Å². The summed E-state index contributed by atoms with van der Waals surface area (Å²) < 4.78 is 1.21. The lowest BCUT2D eigenvalue weighted by Crippen LogP contribution is -2.38. The molecule has 0 aromatic heterocycles. The average molecular weight is 280 g/mol. The second-order valence-electron chi connectivity index (χ2n) is 5.72. The van der Waals surface area contributed by atoms with Crippen molar-refractivity contribution in [3.8, 4) is 0 Å². The summed E-state index contributed by atoms with van der Waals surface area (Å²) in [5, 5.41) is 0. The number of nitrogens with zero attached hydrogens (tertiary/aromatic N) is 1. The zero-order valence-corrected chi connectivity index (χ0v) is 11.5. The first-order valence-corrected chi connectivity index (χ1v) is 6.94. The van der Waals surface area contributed by atoms with E-state index in [2.05, 4.69) is 52.9 Å². The first kappa shape index (κ1) is 10.6. The first-order chi connectivity index (χ1) is 7.58. The van der Waals surface area contributed by atoms with Crippen LogP contribution in [0.4, 0.5) is 5.69 Å². The summed E-state index contributed by atoms with van der Waals surface area (Å²) in [6.07, 6.45) is 4.04. The van der Waals surface area contributed by atoms with E-state index in [1.165, 1.54) is 41.5 Å². The molecule has 86 valence electrons. The molecule has 0 unspecified atom stereocenters. The molecule has 0 saturated heterocycles. The van der Waals surface area contributed by atoms with Crippen LogP contribution in [0.1, 0.15) is 38.7 Å². The molecule has 1 aromatic rings. The lowest BCUT2D eigenvalue weighted by atomic mass is 9.77. The third-order valence-corrected chi connectivity index (χ3v) is 4.46. The normalized spacial score (nSPS) is 23.1. The molecule has 2 heteroatoms. The van der Waals surface area contributed by atoms with E-state index in [1.807, 2.05) is 0 Å². The molecule has 3 rings (SSSR count). The highest BCUT2D eigenvalue weighted by Gasteiger charge is 2.37. The standard InChI is InChI=1S/C14H18BrN/c1-14(2)7-8-16(11-4-5-11)13-6-3-10(15)9-12(13)14/h3,6,9,11H,4-5,7-8H2,1-2H3. The second-order valence-corrected chi connectivity index (χ2v) is 6.64. The SMILES string of the molecule is CC1(C)CCN(C2CC2)c2ccc(Br)cc21. The number of hydrogen-bond donors (Lipinski definition) is 0. The Morgan fingerprint density at radius 1 is 1.31 bits per heavy atom. The summed E-state index contributed by atoms with van der Waals surface area (Å²) in [6.45, 7) is 5.96. The van der Waals surface area contributed by atoms with Crippen molar-refractivity contribution < 1.29 is 0 Å². The quantitative estimate of drug-likeness (QED) is 0.748. The Kier molecular flexibility index (Phi) is 2.32. The molecule has 0 amide bonds. The van der Waals surface area contributed by atoms with Crippen molar-refractivity contribution in [3.05, 3.63) is 28.2 Å². The zero-order valence-electron chi connectivity index (χ0n) is 9.96. The largest absolute Gasteiger partial charge is 0.368 e.